The molecule has 1 amide bonds. The second-order valence-electron chi connectivity index (χ2n) is 6.87. The Hall–Kier alpha value is -0.440. The summed E-state index contributed by atoms with van der Waals surface area (Å²) >= 11 is 1.95. The number of allylic oxidation sites excluding steroid dienone is 1. The molecule has 0 aromatic rings. The molecule has 0 aromatic carbocycles. The molecule has 0 spiro atoms. The standard InChI is InChI=1S/C16H29NOS.H2/c1-6-15(3,4)11-16(5,7-2)12-19-10-13-8-9-14(18)17-13;/h7,13H,2,6,8-12H2,1,3-5H3,(H,17,18);1H/t13-,16?;/m0./s1. The molecule has 112 valence electrons. The molecule has 3 heteroatoms. The lowest BCUT2D eigenvalue weighted by Gasteiger charge is -2.35. The topological polar surface area (TPSA) is 29.1 Å². The van der Waals surface area contributed by atoms with E-state index in [1.807, 2.05) is 11.8 Å². The van der Waals surface area contributed by atoms with Gasteiger partial charge in [0.05, 0.1) is 0 Å². The van der Waals surface area contributed by atoms with Crippen LogP contribution in [0.15, 0.2) is 12.7 Å². The summed E-state index contributed by atoms with van der Waals surface area (Å²) in [6.45, 7) is 13.2. The molecule has 1 heterocycles. The van der Waals surface area contributed by atoms with Crippen LogP contribution in [0.25, 0.3) is 0 Å². The van der Waals surface area contributed by atoms with E-state index in [1.54, 1.807) is 0 Å². The van der Waals surface area contributed by atoms with Crippen molar-refractivity contribution in [2.24, 2.45) is 10.8 Å². The Kier molecular flexibility index (Phi) is 5.97. The minimum atomic E-state index is 0. The predicted molar refractivity (Wildman–Crippen MR) is 87.6 cm³/mol. The zero-order valence-corrected chi connectivity index (χ0v) is 13.7. The second-order valence-corrected chi connectivity index (χ2v) is 7.90. The molecule has 19 heavy (non-hydrogen) atoms. The van der Waals surface area contributed by atoms with E-state index in [4.69, 9.17) is 0 Å². The molecule has 1 saturated heterocycles. The van der Waals surface area contributed by atoms with Crippen molar-refractivity contribution >= 4 is 17.7 Å². The molecule has 1 aliphatic rings. The zero-order chi connectivity index (χ0) is 14.5. The summed E-state index contributed by atoms with van der Waals surface area (Å²) in [5.41, 5.74) is 0.553. The van der Waals surface area contributed by atoms with Crippen molar-refractivity contribution in [1.29, 1.82) is 0 Å². The van der Waals surface area contributed by atoms with Crippen LogP contribution >= 0.6 is 11.8 Å². The van der Waals surface area contributed by atoms with Crippen molar-refractivity contribution in [2.75, 3.05) is 11.5 Å². The Morgan fingerprint density at radius 2 is 2.21 bits per heavy atom. The molecule has 1 fully saturated rings. The molecule has 0 saturated carbocycles. The molecular weight excluding hydrogens is 254 g/mol. The minimum absolute atomic E-state index is 0. The highest BCUT2D eigenvalue weighted by Gasteiger charge is 2.29. The summed E-state index contributed by atoms with van der Waals surface area (Å²) in [5, 5.41) is 3.03. The number of carbonyl (C=O) groups is 1. The summed E-state index contributed by atoms with van der Waals surface area (Å²) in [4.78, 5) is 11.2. The van der Waals surface area contributed by atoms with Crippen molar-refractivity contribution in [2.45, 2.75) is 59.4 Å². The van der Waals surface area contributed by atoms with Crippen LogP contribution in [-0.4, -0.2) is 23.5 Å². The van der Waals surface area contributed by atoms with Gasteiger partial charge in [-0.15, -0.1) is 6.58 Å². The maximum Gasteiger partial charge on any atom is 0.220 e. The average molecular weight is 285 g/mol. The van der Waals surface area contributed by atoms with Gasteiger partial charge < -0.3 is 5.32 Å². The number of nitrogens with one attached hydrogen (secondary N) is 1. The van der Waals surface area contributed by atoms with Crippen LogP contribution in [-0.2, 0) is 4.79 Å². The van der Waals surface area contributed by atoms with Gasteiger partial charge in [0, 0.05) is 25.4 Å². The Balaban J connectivity index is 0.00000361. The van der Waals surface area contributed by atoms with Gasteiger partial charge >= 0.3 is 0 Å². The van der Waals surface area contributed by atoms with Gasteiger partial charge in [0.1, 0.15) is 0 Å². The Morgan fingerprint density at radius 3 is 2.68 bits per heavy atom. The van der Waals surface area contributed by atoms with Crippen molar-refractivity contribution in [3.63, 3.8) is 0 Å². The fourth-order valence-corrected chi connectivity index (χ4v) is 3.98. The lowest BCUT2D eigenvalue weighted by molar-refractivity contribution is -0.119. The molecule has 0 bridgehead atoms. The second kappa shape index (κ2) is 6.83. The minimum Gasteiger partial charge on any atom is -0.353 e. The highest BCUT2D eigenvalue weighted by Crippen LogP contribution is 2.39. The van der Waals surface area contributed by atoms with Crippen LogP contribution < -0.4 is 5.32 Å². The normalized spacial score (nSPS) is 22.9. The zero-order valence-electron chi connectivity index (χ0n) is 12.9. The van der Waals surface area contributed by atoms with Crippen molar-refractivity contribution in [3.05, 3.63) is 12.7 Å². The van der Waals surface area contributed by atoms with E-state index in [9.17, 15) is 4.79 Å². The summed E-state index contributed by atoms with van der Waals surface area (Å²) in [7, 11) is 0. The smallest absolute Gasteiger partial charge is 0.220 e. The van der Waals surface area contributed by atoms with E-state index in [0.717, 1.165) is 17.9 Å². The lowest BCUT2D eigenvalue weighted by atomic mass is 9.74. The summed E-state index contributed by atoms with van der Waals surface area (Å²) < 4.78 is 0. The van der Waals surface area contributed by atoms with Crippen LogP contribution in [0.5, 0.6) is 0 Å². The van der Waals surface area contributed by atoms with Gasteiger partial charge in [-0.1, -0.05) is 40.2 Å². The van der Waals surface area contributed by atoms with Crippen LogP contribution in [0.4, 0.5) is 0 Å². The van der Waals surface area contributed by atoms with Gasteiger partial charge in [0.15, 0.2) is 0 Å². The van der Waals surface area contributed by atoms with Crippen LogP contribution in [0, 0.1) is 10.8 Å². The number of rotatable bonds is 8. The lowest BCUT2D eigenvalue weighted by Crippen LogP contribution is -2.29. The first kappa shape index (κ1) is 16.6. The molecule has 0 aliphatic carbocycles. The molecule has 2 nitrogen and oxygen atoms in total. The van der Waals surface area contributed by atoms with Crippen molar-refractivity contribution in [1.82, 2.24) is 5.32 Å². The first-order chi connectivity index (χ1) is 8.80. The Labute approximate surface area is 124 Å². The van der Waals surface area contributed by atoms with Gasteiger partial charge in [0.2, 0.25) is 5.91 Å². The van der Waals surface area contributed by atoms with E-state index in [0.29, 0.717) is 17.9 Å². The predicted octanol–water partition coefficient (Wildman–Crippen LogP) is 4.26. The number of amides is 1. The first-order valence-corrected chi connectivity index (χ1v) is 8.46. The number of hydrogen-bond acceptors (Lipinski definition) is 2. The molecule has 1 aliphatic heterocycles. The fourth-order valence-electron chi connectivity index (χ4n) is 2.64. The van der Waals surface area contributed by atoms with Gasteiger partial charge in [-0.2, -0.15) is 11.8 Å². The van der Waals surface area contributed by atoms with Gasteiger partial charge in [0.25, 0.3) is 0 Å². The molecule has 2 atom stereocenters. The Morgan fingerprint density at radius 1 is 1.53 bits per heavy atom. The maximum absolute atomic E-state index is 11.2. The van der Waals surface area contributed by atoms with E-state index in [-0.39, 0.29) is 12.7 Å². The van der Waals surface area contributed by atoms with E-state index >= 15 is 0 Å². The third kappa shape index (κ3) is 5.60. The largest absolute Gasteiger partial charge is 0.353 e. The summed E-state index contributed by atoms with van der Waals surface area (Å²) in [6.07, 6.45) is 6.18. The first-order valence-electron chi connectivity index (χ1n) is 7.31. The molecule has 0 aromatic heterocycles. The number of carbonyl (C=O) groups excluding carboxylic acids is 1. The van der Waals surface area contributed by atoms with E-state index in [1.165, 1.54) is 12.8 Å². The van der Waals surface area contributed by atoms with E-state index < -0.39 is 0 Å². The highest BCUT2D eigenvalue weighted by atomic mass is 32.2. The molecule has 1 rings (SSSR count). The SMILES string of the molecule is C=CC(C)(CSC[C@@H]1CCC(=O)N1)CC(C)(C)CC.[HH]. The van der Waals surface area contributed by atoms with Gasteiger partial charge in [-0.25, -0.2) is 0 Å². The maximum atomic E-state index is 11.2. The van der Waals surface area contributed by atoms with Crippen molar-refractivity contribution < 1.29 is 6.22 Å². The van der Waals surface area contributed by atoms with Gasteiger partial charge in [-0.05, 0) is 23.7 Å². The summed E-state index contributed by atoms with van der Waals surface area (Å²) in [6, 6.07) is 0.380. The van der Waals surface area contributed by atoms with E-state index in [2.05, 4.69) is 45.7 Å². The number of thioether (sulfide) groups is 1. The van der Waals surface area contributed by atoms with Crippen LogP contribution in [0.3, 0.4) is 0 Å². The van der Waals surface area contributed by atoms with Crippen molar-refractivity contribution in [3.8, 4) is 0 Å². The van der Waals surface area contributed by atoms with Crippen LogP contribution in [0.2, 0.25) is 0 Å². The average Bonchev–Trinajstić information content (AvgIpc) is 2.74. The van der Waals surface area contributed by atoms with Gasteiger partial charge in [-0.3, -0.25) is 4.79 Å². The fraction of sp³-hybridized carbons (Fsp3) is 0.812. The quantitative estimate of drug-likeness (QED) is 0.675. The monoisotopic (exact) mass is 285 g/mol. The third-order valence-corrected chi connectivity index (χ3v) is 5.67. The molecule has 1 unspecified atom stereocenters. The third-order valence-electron chi connectivity index (χ3n) is 4.17. The number of hydrogen-bond donors (Lipinski definition) is 1. The Bertz CT molecular complexity index is 332. The molecule has 1 N–H and O–H groups in total. The molecule has 0 radical (unpaired) electrons. The van der Waals surface area contributed by atoms with Crippen LogP contribution in [0.1, 0.15) is 54.8 Å². The molecular formula is C16H31NOS. The summed E-state index contributed by atoms with van der Waals surface area (Å²) in [5.74, 6) is 2.33. The highest BCUT2D eigenvalue weighted by molar-refractivity contribution is 7.99.